The Morgan fingerprint density at radius 3 is 2.68 bits per heavy atom. The summed E-state index contributed by atoms with van der Waals surface area (Å²) >= 11 is 1.71. The first-order valence-corrected chi connectivity index (χ1v) is 9.45. The normalized spacial score (nSPS) is 23.6. The number of hydrogen-bond donors (Lipinski definition) is 3. The van der Waals surface area contributed by atoms with Crippen LogP contribution in [-0.4, -0.2) is 38.3 Å². The molecule has 3 N–H and O–H groups in total. The molecule has 3 heterocycles. The lowest BCUT2D eigenvalue weighted by molar-refractivity contribution is -0.117. The molecule has 0 saturated carbocycles. The molecule has 6 nitrogen and oxygen atoms in total. The summed E-state index contributed by atoms with van der Waals surface area (Å²) < 4.78 is 5.38. The van der Waals surface area contributed by atoms with Crippen LogP contribution in [0.15, 0.2) is 41.8 Å². The molecule has 2 atom stereocenters. The van der Waals surface area contributed by atoms with Crippen molar-refractivity contribution in [3.8, 4) is 0 Å². The summed E-state index contributed by atoms with van der Waals surface area (Å²) in [5.41, 5.74) is 8.30. The van der Waals surface area contributed by atoms with Gasteiger partial charge in [0.05, 0.1) is 19.3 Å². The number of hydrogen-bond acceptors (Lipinski definition) is 6. The molecule has 2 aromatic rings. The highest BCUT2D eigenvalue weighted by Crippen LogP contribution is 2.26. The van der Waals surface area contributed by atoms with Crippen LogP contribution in [-0.2, 0) is 9.53 Å². The topological polar surface area (TPSA) is 65.6 Å². The lowest BCUT2D eigenvalue weighted by atomic mass is 10.1. The fourth-order valence-corrected chi connectivity index (χ4v) is 4.00. The quantitative estimate of drug-likeness (QED) is 0.781. The molecule has 2 aliphatic rings. The Morgan fingerprint density at radius 1 is 1.16 bits per heavy atom. The van der Waals surface area contributed by atoms with Crippen molar-refractivity contribution in [3.63, 3.8) is 0 Å². The Morgan fingerprint density at radius 2 is 1.96 bits per heavy atom. The van der Waals surface area contributed by atoms with Gasteiger partial charge in [0, 0.05) is 29.3 Å². The fraction of sp³-hybridized carbons (Fsp3) is 0.389. The van der Waals surface area contributed by atoms with Gasteiger partial charge in [-0.3, -0.25) is 4.79 Å². The lowest BCUT2D eigenvalue weighted by Gasteiger charge is -2.28. The molecule has 2 saturated heterocycles. The van der Waals surface area contributed by atoms with Gasteiger partial charge in [-0.15, -0.1) is 11.3 Å². The summed E-state index contributed by atoms with van der Waals surface area (Å²) in [6, 6.07) is 12.1. The standard InChI is InChI=1S/C18H22N4O2S/c23-18(16-12-15(20-21-16)17-2-1-11-25-17)19-13-3-5-14(6-4-13)22-7-9-24-10-8-22/h1-6,11,15-16,20-21H,7-10,12H2,(H,19,23). The zero-order chi connectivity index (χ0) is 17.1. The molecule has 132 valence electrons. The number of amides is 1. The van der Waals surface area contributed by atoms with Crippen LogP contribution in [0.5, 0.6) is 0 Å². The van der Waals surface area contributed by atoms with Crippen molar-refractivity contribution >= 4 is 28.6 Å². The molecule has 2 aliphatic heterocycles. The van der Waals surface area contributed by atoms with Gasteiger partial charge in [-0.25, -0.2) is 10.9 Å². The summed E-state index contributed by atoms with van der Waals surface area (Å²) in [4.78, 5) is 16.0. The smallest absolute Gasteiger partial charge is 0.242 e. The van der Waals surface area contributed by atoms with Crippen molar-refractivity contribution in [2.75, 3.05) is 36.5 Å². The van der Waals surface area contributed by atoms with Crippen LogP contribution in [0.3, 0.4) is 0 Å². The number of hydrazine groups is 1. The third-order valence-electron chi connectivity index (χ3n) is 4.62. The van der Waals surface area contributed by atoms with Crippen LogP contribution in [0.25, 0.3) is 0 Å². The Kier molecular flexibility index (Phi) is 4.98. The summed E-state index contributed by atoms with van der Waals surface area (Å²) in [6.45, 7) is 3.36. The molecule has 0 aliphatic carbocycles. The van der Waals surface area contributed by atoms with E-state index in [1.807, 2.05) is 18.2 Å². The second-order valence-electron chi connectivity index (χ2n) is 6.28. The summed E-state index contributed by atoms with van der Waals surface area (Å²) in [5.74, 6) is -0.00863. The second-order valence-corrected chi connectivity index (χ2v) is 7.26. The maximum absolute atomic E-state index is 12.5. The van der Waals surface area contributed by atoms with Crippen LogP contribution in [0, 0.1) is 0 Å². The number of anilines is 2. The van der Waals surface area contributed by atoms with Gasteiger partial charge in [-0.2, -0.15) is 0 Å². The molecule has 0 radical (unpaired) electrons. The first-order chi connectivity index (χ1) is 12.3. The van der Waals surface area contributed by atoms with E-state index in [2.05, 4.69) is 44.6 Å². The molecule has 1 aromatic carbocycles. The van der Waals surface area contributed by atoms with E-state index in [1.54, 1.807) is 11.3 Å². The molecule has 1 aromatic heterocycles. The Hall–Kier alpha value is -1.93. The minimum atomic E-state index is -0.231. The number of rotatable bonds is 4. The first-order valence-electron chi connectivity index (χ1n) is 8.58. The van der Waals surface area contributed by atoms with Crippen LogP contribution < -0.4 is 21.1 Å². The Balaban J connectivity index is 1.33. The second kappa shape index (κ2) is 7.53. The number of ether oxygens (including phenoxy) is 1. The molecule has 25 heavy (non-hydrogen) atoms. The summed E-state index contributed by atoms with van der Waals surface area (Å²) in [5, 5.41) is 5.05. The average Bonchev–Trinajstić information content (AvgIpc) is 3.35. The lowest BCUT2D eigenvalue weighted by Crippen LogP contribution is -2.39. The highest BCUT2D eigenvalue weighted by molar-refractivity contribution is 7.10. The Bertz CT molecular complexity index is 698. The van der Waals surface area contributed by atoms with Crippen molar-refractivity contribution in [3.05, 3.63) is 46.7 Å². The first kappa shape index (κ1) is 16.5. The van der Waals surface area contributed by atoms with Crippen molar-refractivity contribution < 1.29 is 9.53 Å². The van der Waals surface area contributed by atoms with Crippen molar-refractivity contribution in [1.29, 1.82) is 0 Å². The van der Waals surface area contributed by atoms with Gasteiger partial charge in [-0.1, -0.05) is 6.07 Å². The number of carbonyl (C=O) groups is 1. The van der Waals surface area contributed by atoms with Gasteiger partial charge in [0.1, 0.15) is 6.04 Å². The predicted molar refractivity (Wildman–Crippen MR) is 99.8 cm³/mol. The largest absolute Gasteiger partial charge is 0.378 e. The fourth-order valence-electron chi connectivity index (χ4n) is 3.21. The van der Waals surface area contributed by atoms with Gasteiger partial charge in [0.2, 0.25) is 5.91 Å². The van der Waals surface area contributed by atoms with E-state index in [1.165, 1.54) is 10.6 Å². The zero-order valence-corrected chi connectivity index (χ0v) is 14.7. The number of nitrogens with one attached hydrogen (secondary N) is 3. The SMILES string of the molecule is O=C(Nc1ccc(N2CCOCC2)cc1)C1CC(c2cccs2)NN1. The number of carbonyl (C=O) groups excluding carboxylic acids is 1. The molecule has 4 rings (SSSR count). The van der Waals surface area contributed by atoms with E-state index in [4.69, 9.17) is 4.74 Å². The van der Waals surface area contributed by atoms with E-state index < -0.39 is 0 Å². The average molecular weight is 358 g/mol. The van der Waals surface area contributed by atoms with Crippen molar-refractivity contribution in [2.24, 2.45) is 0 Å². The van der Waals surface area contributed by atoms with E-state index in [0.29, 0.717) is 0 Å². The summed E-state index contributed by atoms with van der Waals surface area (Å²) in [6.07, 6.45) is 0.748. The summed E-state index contributed by atoms with van der Waals surface area (Å²) in [7, 11) is 0. The highest BCUT2D eigenvalue weighted by Gasteiger charge is 2.30. The van der Waals surface area contributed by atoms with Gasteiger partial charge < -0.3 is 15.0 Å². The van der Waals surface area contributed by atoms with Gasteiger partial charge >= 0.3 is 0 Å². The molecule has 2 unspecified atom stereocenters. The van der Waals surface area contributed by atoms with Crippen molar-refractivity contribution in [2.45, 2.75) is 18.5 Å². The number of morpholine rings is 1. The minimum absolute atomic E-state index is 0.00863. The number of benzene rings is 1. The molecule has 7 heteroatoms. The highest BCUT2D eigenvalue weighted by atomic mass is 32.1. The molecule has 1 amide bonds. The molecule has 2 fully saturated rings. The third-order valence-corrected chi connectivity index (χ3v) is 5.60. The van der Waals surface area contributed by atoms with E-state index in [-0.39, 0.29) is 18.0 Å². The van der Waals surface area contributed by atoms with Gasteiger partial charge in [0.15, 0.2) is 0 Å². The van der Waals surface area contributed by atoms with Gasteiger partial charge in [-0.05, 0) is 42.1 Å². The van der Waals surface area contributed by atoms with Gasteiger partial charge in [0.25, 0.3) is 0 Å². The van der Waals surface area contributed by atoms with E-state index in [9.17, 15) is 4.79 Å². The maximum Gasteiger partial charge on any atom is 0.242 e. The number of thiophene rings is 1. The third kappa shape index (κ3) is 3.85. The number of nitrogens with zero attached hydrogens (tertiary/aromatic N) is 1. The molecule has 0 bridgehead atoms. The van der Waals surface area contributed by atoms with E-state index in [0.717, 1.165) is 38.4 Å². The van der Waals surface area contributed by atoms with Crippen LogP contribution >= 0.6 is 11.3 Å². The van der Waals surface area contributed by atoms with Crippen molar-refractivity contribution in [1.82, 2.24) is 10.9 Å². The molecular weight excluding hydrogens is 336 g/mol. The zero-order valence-electron chi connectivity index (χ0n) is 13.9. The van der Waals surface area contributed by atoms with E-state index >= 15 is 0 Å². The van der Waals surface area contributed by atoms with Crippen LogP contribution in [0.1, 0.15) is 17.3 Å². The molecular formula is C18H22N4O2S. The molecule has 0 spiro atoms. The van der Waals surface area contributed by atoms with Crippen LogP contribution in [0.2, 0.25) is 0 Å². The monoisotopic (exact) mass is 358 g/mol. The Labute approximate surface area is 151 Å². The van der Waals surface area contributed by atoms with Crippen LogP contribution in [0.4, 0.5) is 11.4 Å². The maximum atomic E-state index is 12.5. The predicted octanol–water partition coefficient (Wildman–Crippen LogP) is 2.13. The minimum Gasteiger partial charge on any atom is -0.378 e.